The van der Waals surface area contributed by atoms with Crippen LogP contribution in [0.2, 0.25) is 5.02 Å². The van der Waals surface area contributed by atoms with E-state index in [4.69, 9.17) is 11.6 Å². The minimum atomic E-state index is -1.93. The molecule has 0 atom stereocenters. The summed E-state index contributed by atoms with van der Waals surface area (Å²) in [5.41, 5.74) is -2.88. The number of benzene rings is 1. The Kier molecular flexibility index (Phi) is 6.14. The zero-order valence-corrected chi connectivity index (χ0v) is 15.3. The van der Waals surface area contributed by atoms with Gasteiger partial charge in [-0.15, -0.1) is 0 Å². The van der Waals surface area contributed by atoms with Gasteiger partial charge in [0.25, 0.3) is 23.8 Å². The first-order valence-electron chi connectivity index (χ1n) is 7.83. The van der Waals surface area contributed by atoms with E-state index in [2.05, 4.69) is 21.8 Å². The van der Waals surface area contributed by atoms with Gasteiger partial charge >= 0.3 is 0 Å². The molecule has 0 fully saturated rings. The minimum absolute atomic E-state index is 0.0428. The zero-order chi connectivity index (χ0) is 22.9. The summed E-state index contributed by atoms with van der Waals surface area (Å²) in [7, 11) is 0. The molecule has 0 unspecified atom stereocenters. The summed E-state index contributed by atoms with van der Waals surface area (Å²) in [6.07, 6.45) is 0. The van der Waals surface area contributed by atoms with E-state index in [1.807, 2.05) is 11.8 Å². The van der Waals surface area contributed by atoms with Crippen LogP contribution < -0.4 is 0 Å². The average molecular weight is 459 g/mol. The third-order valence-electron chi connectivity index (χ3n) is 3.62. The van der Waals surface area contributed by atoms with Crippen molar-refractivity contribution in [2.45, 2.75) is 0 Å². The lowest BCUT2D eigenvalue weighted by atomic mass is 10.1. The van der Waals surface area contributed by atoms with Crippen molar-refractivity contribution in [3.05, 3.63) is 92.5 Å². The number of hydrogen-bond acceptors (Lipinski definition) is 2. The predicted molar refractivity (Wildman–Crippen MR) is 91.6 cm³/mol. The van der Waals surface area contributed by atoms with Gasteiger partial charge in [-0.2, -0.15) is 27.5 Å². The number of pyridine rings is 2. The molecule has 2 heterocycles. The van der Waals surface area contributed by atoms with Gasteiger partial charge < -0.3 is 0 Å². The quantitative estimate of drug-likeness (QED) is 0.268. The monoisotopic (exact) mass is 458 g/mol. The maximum atomic E-state index is 13.7. The summed E-state index contributed by atoms with van der Waals surface area (Å²) in [5, 5.41) is 0.0428. The molecule has 2 nitrogen and oxygen atoms in total. The lowest BCUT2D eigenvalue weighted by molar-refractivity contribution is 0.404. The Morgan fingerprint density at radius 3 is 1.35 bits per heavy atom. The third-order valence-corrected chi connectivity index (χ3v) is 3.86. The van der Waals surface area contributed by atoms with E-state index < -0.39 is 58.2 Å². The summed E-state index contributed by atoms with van der Waals surface area (Å²) < 4.78 is 108. The lowest BCUT2D eigenvalue weighted by Crippen LogP contribution is -2.03. The molecule has 31 heavy (non-hydrogen) atoms. The van der Waals surface area contributed by atoms with E-state index >= 15 is 0 Å². The van der Waals surface area contributed by atoms with E-state index in [0.29, 0.717) is 0 Å². The molecule has 0 aliphatic heterocycles. The van der Waals surface area contributed by atoms with Gasteiger partial charge in [-0.05, 0) is 18.2 Å². The molecule has 11 heteroatoms. The van der Waals surface area contributed by atoms with E-state index in [1.165, 1.54) is 12.1 Å². The van der Waals surface area contributed by atoms with Crippen LogP contribution in [0.3, 0.4) is 0 Å². The van der Waals surface area contributed by atoms with Crippen LogP contribution in [0, 0.1) is 70.7 Å². The van der Waals surface area contributed by atoms with Crippen LogP contribution in [0.1, 0.15) is 22.3 Å². The Labute approximate surface area is 173 Å². The molecular weight excluding hydrogens is 456 g/mol. The predicted octanol–water partition coefficient (Wildman–Crippen LogP) is 5.04. The number of hydrogen-bond donors (Lipinski definition) is 0. The number of rotatable bonds is 0. The zero-order valence-electron chi connectivity index (χ0n) is 14.5. The summed E-state index contributed by atoms with van der Waals surface area (Å²) in [4.78, 5) is 4.76. The van der Waals surface area contributed by atoms with Gasteiger partial charge in [-0.1, -0.05) is 35.3 Å². The highest BCUT2D eigenvalue weighted by molar-refractivity contribution is 6.30. The summed E-state index contributed by atoms with van der Waals surface area (Å²) in [5.74, 6) is -7.03. The van der Waals surface area contributed by atoms with E-state index in [1.54, 1.807) is 0 Å². The number of aromatic nitrogens is 2. The molecule has 0 aliphatic rings. The Bertz CT molecular complexity index is 1300. The van der Waals surface area contributed by atoms with Crippen molar-refractivity contribution in [3.8, 4) is 23.7 Å². The van der Waals surface area contributed by atoms with E-state index in [0.717, 1.165) is 6.07 Å². The fourth-order valence-electron chi connectivity index (χ4n) is 2.18. The topological polar surface area (TPSA) is 25.8 Å². The van der Waals surface area contributed by atoms with Crippen LogP contribution >= 0.6 is 11.6 Å². The third kappa shape index (κ3) is 4.44. The molecule has 3 aromatic rings. The normalized spacial score (nSPS) is 10.2. The summed E-state index contributed by atoms with van der Waals surface area (Å²) in [6.45, 7) is 0. The van der Waals surface area contributed by atoms with Gasteiger partial charge in [0.05, 0.1) is 0 Å². The van der Waals surface area contributed by atoms with Gasteiger partial charge in [-0.25, -0.2) is 17.6 Å². The maximum absolute atomic E-state index is 13.7. The number of halogens is 9. The van der Waals surface area contributed by atoms with Crippen LogP contribution in [0.5, 0.6) is 0 Å². The second-order valence-corrected chi connectivity index (χ2v) is 6.02. The molecule has 3 rings (SSSR count). The summed E-state index contributed by atoms with van der Waals surface area (Å²) in [6, 6.07) is 3.54. The molecular formula is C20H3ClF8N2. The van der Waals surface area contributed by atoms with E-state index in [9.17, 15) is 35.1 Å². The first-order valence-corrected chi connectivity index (χ1v) is 8.21. The molecule has 156 valence electrons. The Morgan fingerprint density at radius 1 is 0.548 bits per heavy atom. The molecule has 0 saturated carbocycles. The van der Waals surface area contributed by atoms with E-state index in [-0.39, 0.29) is 16.1 Å². The van der Waals surface area contributed by atoms with Gasteiger partial charge in [0.2, 0.25) is 0 Å². The highest BCUT2D eigenvalue weighted by Crippen LogP contribution is 2.19. The van der Waals surface area contributed by atoms with Crippen molar-refractivity contribution in [1.29, 1.82) is 0 Å². The Balaban J connectivity index is 2.14. The largest absolute Gasteiger partial charge is 0.253 e. The molecule has 0 amide bonds. The van der Waals surface area contributed by atoms with Gasteiger partial charge in [-0.3, -0.25) is 0 Å². The van der Waals surface area contributed by atoms with Crippen LogP contribution in [-0.2, 0) is 0 Å². The molecule has 0 radical (unpaired) electrons. The van der Waals surface area contributed by atoms with Gasteiger partial charge in [0, 0.05) is 16.1 Å². The van der Waals surface area contributed by atoms with Crippen LogP contribution in [0.15, 0.2) is 18.2 Å². The molecule has 0 N–H and O–H groups in total. The molecule has 0 bridgehead atoms. The average Bonchev–Trinajstić information content (AvgIpc) is 2.72. The van der Waals surface area contributed by atoms with Crippen molar-refractivity contribution in [2.24, 2.45) is 0 Å². The van der Waals surface area contributed by atoms with Crippen molar-refractivity contribution < 1.29 is 35.1 Å². The fourth-order valence-corrected chi connectivity index (χ4v) is 2.35. The van der Waals surface area contributed by atoms with Gasteiger partial charge in [0.15, 0.2) is 23.3 Å². The van der Waals surface area contributed by atoms with Crippen LogP contribution in [0.25, 0.3) is 0 Å². The summed E-state index contributed by atoms with van der Waals surface area (Å²) >= 11 is 5.80. The van der Waals surface area contributed by atoms with Crippen molar-refractivity contribution >= 4 is 11.6 Å². The Morgan fingerprint density at radius 2 is 0.935 bits per heavy atom. The molecule has 1 aromatic carbocycles. The first-order chi connectivity index (χ1) is 14.6. The first kappa shape index (κ1) is 22.1. The number of nitrogens with zero attached hydrogens (tertiary/aromatic N) is 2. The maximum Gasteiger partial charge on any atom is 0.253 e. The molecule has 0 spiro atoms. The van der Waals surface area contributed by atoms with Gasteiger partial charge in [0.1, 0.15) is 11.1 Å². The second kappa shape index (κ2) is 8.62. The standard InChI is InChI=1S/C20H3ClF8N2/c21-10-4-1-8(2-5-11-13(22)17(26)30-18(27)14(11)23)9(7-10)3-6-12-15(24)19(28)31-20(29)16(12)25/h1,4,7H. The van der Waals surface area contributed by atoms with Crippen molar-refractivity contribution in [3.63, 3.8) is 0 Å². The highest BCUT2D eigenvalue weighted by Gasteiger charge is 2.20. The van der Waals surface area contributed by atoms with Crippen LogP contribution in [-0.4, -0.2) is 9.97 Å². The molecule has 0 aliphatic carbocycles. The highest BCUT2D eigenvalue weighted by atomic mass is 35.5. The Hall–Kier alpha value is -3.63. The van der Waals surface area contributed by atoms with Crippen molar-refractivity contribution in [2.75, 3.05) is 0 Å². The van der Waals surface area contributed by atoms with Crippen LogP contribution in [0.4, 0.5) is 35.1 Å². The molecule has 2 aromatic heterocycles. The molecule has 0 saturated heterocycles. The second-order valence-electron chi connectivity index (χ2n) is 5.58. The minimum Gasteiger partial charge on any atom is -0.200 e. The fraction of sp³-hybridized carbons (Fsp3) is 0. The smallest absolute Gasteiger partial charge is 0.200 e. The lowest BCUT2D eigenvalue weighted by Gasteiger charge is -2.01. The SMILES string of the molecule is Fc1nc(F)c(F)c(C#Cc2ccc(Cl)cc2C#Cc2c(F)c(F)nc(F)c2F)c1F. The van der Waals surface area contributed by atoms with Crippen molar-refractivity contribution in [1.82, 2.24) is 9.97 Å².